The second-order valence-corrected chi connectivity index (χ2v) is 4.13. The predicted octanol–water partition coefficient (Wildman–Crippen LogP) is 0.734. The first-order chi connectivity index (χ1) is 5.66. The molecule has 2 aliphatic heterocycles. The van der Waals surface area contributed by atoms with Crippen LogP contribution in [0.3, 0.4) is 0 Å². The van der Waals surface area contributed by atoms with Gasteiger partial charge in [0.05, 0.1) is 11.4 Å². The molecule has 4 nitrogen and oxygen atoms in total. The van der Waals surface area contributed by atoms with Crippen molar-refractivity contribution in [2.24, 2.45) is 0 Å². The molecule has 0 saturated carbocycles. The summed E-state index contributed by atoms with van der Waals surface area (Å²) in [6.07, 6.45) is -0.669. The summed E-state index contributed by atoms with van der Waals surface area (Å²) >= 11 is 1.16. The number of hydrogen-bond donors (Lipinski definition) is 1. The summed E-state index contributed by atoms with van der Waals surface area (Å²) in [7, 11) is 0. The minimum atomic E-state index is -0.784. The third-order valence-corrected chi connectivity index (χ3v) is 3.36. The van der Waals surface area contributed by atoms with Crippen LogP contribution in [-0.4, -0.2) is 34.2 Å². The van der Waals surface area contributed by atoms with Gasteiger partial charge in [0.15, 0.2) is 6.29 Å². The summed E-state index contributed by atoms with van der Waals surface area (Å²) in [5.41, 5.74) is 0. The van der Waals surface area contributed by atoms with E-state index in [0.29, 0.717) is 6.42 Å². The Kier molecular flexibility index (Phi) is 2.02. The van der Waals surface area contributed by atoms with Crippen LogP contribution in [-0.2, 0) is 9.47 Å². The summed E-state index contributed by atoms with van der Waals surface area (Å²) in [4.78, 5) is 10.9. The van der Waals surface area contributed by atoms with Crippen LogP contribution in [0.5, 0.6) is 0 Å². The quantitative estimate of drug-likeness (QED) is 0.571. The average molecular weight is 190 g/mol. The van der Waals surface area contributed by atoms with E-state index < -0.39 is 6.29 Å². The van der Waals surface area contributed by atoms with Gasteiger partial charge >= 0.3 is 5.30 Å². The van der Waals surface area contributed by atoms with E-state index in [1.165, 1.54) is 0 Å². The first-order valence-electron chi connectivity index (χ1n) is 3.87. The molecule has 0 aromatic rings. The van der Waals surface area contributed by atoms with Crippen LogP contribution < -0.4 is 0 Å². The molecule has 2 saturated heterocycles. The van der Waals surface area contributed by atoms with Gasteiger partial charge in [-0.1, -0.05) is 0 Å². The molecule has 2 fully saturated rings. The Morgan fingerprint density at radius 1 is 1.67 bits per heavy atom. The number of aliphatic hydroxyl groups is 1. The zero-order chi connectivity index (χ0) is 8.72. The van der Waals surface area contributed by atoms with Crippen molar-refractivity contribution < 1.29 is 19.4 Å². The number of hydrogen-bond acceptors (Lipinski definition) is 5. The van der Waals surface area contributed by atoms with Gasteiger partial charge in [0.25, 0.3) is 0 Å². The van der Waals surface area contributed by atoms with Gasteiger partial charge < -0.3 is 14.6 Å². The zero-order valence-electron chi connectivity index (χ0n) is 6.60. The molecule has 68 valence electrons. The molecule has 0 aromatic heterocycles. The van der Waals surface area contributed by atoms with Gasteiger partial charge in [-0.05, 0) is 18.7 Å². The van der Waals surface area contributed by atoms with E-state index in [2.05, 4.69) is 0 Å². The molecule has 0 radical (unpaired) electrons. The Balaban J connectivity index is 2.10. The highest BCUT2D eigenvalue weighted by Crippen LogP contribution is 2.37. The Morgan fingerprint density at radius 2 is 2.42 bits per heavy atom. The van der Waals surface area contributed by atoms with Crippen molar-refractivity contribution >= 4 is 17.1 Å². The lowest BCUT2D eigenvalue weighted by molar-refractivity contribution is -0.176. The third kappa shape index (κ3) is 1.32. The Labute approximate surface area is 74.2 Å². The Bertz CT molecular complexity index is 208. The molecule has 0 aromatic carbocycles. The monoisotopic (exact) mass is 190 g/mol. The van der Waals surface area contributed by atoms with Crippen molar-refractivity contribution in [3.8, 4) is 0 Å². The summed E-state index contributed by atoms with van der Waals surface area (Å²) in [5.74, 6) is 0. The molecule has 4 atom stereocenters. The van der Waals surface area contributed by atoms with Crippen LogP contribution in [0.25, 0.3) is 0 Å². The van der Waals surface area contributed by atoms with E-state index >= 15 is 0 Å². The van der Waals surface area contributed by atoms with Crippen molar-refractivity contribution in [2.75, 3.05) is 0 Å². The Hall–Kier alpha value is -0.260. The average Bonchev–Trinajstić information content (AvgIpc) is 2.29. The maximum absolute atomic E-state index is 10.9. The molecule has 5 heteroatoms. The first kappa shape index (κ1) is 8.34. The molecule has 2 heterocycles. The van der Waals surface area contributed by atoms with Crippen LogP contribution >= 0.6 is 11.8 Å². The van der Waals surface area contributed by atoms with Crippen molar-refractivity contribution in [1.29, 1.82) is 0 Å². The summed E-state index contributed by atoms with van der Waals surface area (Å²) in [6.45, 7) is 1.84. The molecule has 4 unspecified atom stereocenters. The SMILES string of the molecule is CC1OC(O)CC2OC(=O)SC12. The summed E-state index contributed by atoms with van der Waals surface area (Å²) in [6, 6.07) is 0. The lowest BCUT2D eigenvalue weighted by Crippen LogP contribution is -2.43. The molecule has 0 amide bonds. The summed E-state index contributed by atoms with van der Waals surface area (Å²) in [5, 5.41) is 8.99. The van der Waals surface area contributed by atoms with Crippen LogP contribution in [0.2, 0.25) is 0 Å². The number of thioether (sulfide) groups is 1. The van der Waals surface area contributed by atoms with E-state index in [1.54, 1.807) is 0 Å². The smallest absolute Gasteiger partial charge is 0.368 e. The van der Waals surface area contributed by atoms with Gasteiger partial charge in [0, 0.05) is 6.42 Å². The second kappa shape index (κ2) is 2.90. The number of carbonyl (C=O) groups is 1. The highest BCUT2D eigenvalue weighted by atomic mass is 32.2. The van der Waals surface area contributed by atoms with Gasteiger partial charge in [0.2, 0.25) is 0 Å². The standard InChI is InChI=1S/C7H10O4S/c1-3-6-4(2-5(8)10-3)11-7(9)12-6/h3-6,8H,2H2,1H3. The fraction of sp³-hybridized carbons (Fsp3) is 0.857. The largest absolute Gasteiger partial charge is 0.453 e. The van der Waals surface area contributed by atoms with E-state index in [-0.39, 0.29) is 22.8 Å². The van der Waals surface area contributed by atoms with Crippen molar-refractivity contribution in [1.82, 2.24) is 0 Å². The van der Waals surface area contributed by atoms with E-state index in [4.69, 9.17) is 9.47 Å². The molecule has 0 spiro atoms. The van der Waals surface area contributed by atoms with Crippen LogP contribution in [0, 0.1) is 0 Å². The lowest BCUT2D eigenvalue weighted by Gasteiger charge is -2.31. The van der Waals surface area contributed by atoms with Gasteiger partial charge in [-0.3, -0.25) is 0 Å². The number of carbonyl (C=O) groups excluding carboxylic acids is 1. The topological polar surface area (TPSA) is 55.8 Å². The molecular formula is C7H10O4S. The second-order valence-electron chi connectivity index (χ2n) is 3.02. The maximum Gasteiger partial charge on any atom is 0.368 e. The minimum absolute atomic E-state index is 0.0564. The third-order valence-electron chi connectivity index (χ3n) is 2.11. The normalized spacial score (nSPS) is 47.0. The highest BCUT2D eigenvalue weighted by Gasteiger charge is 2.45. The number of aliphatic hydroxyl groups excluding tert-OH is 1. The molecular weight excluding hydrogens is 180 g/mol. The number of ether oxygens (including phenoxy) is 2. The molecule has 12 heavy (non-hydrogen) atoms. The lowest BCUT2D eigenvalue weighted by atomic mass is 10.1. The molecule has 2 aliphatic rings. The molecule has 2 rings (SSSR count). The molecule has 1 N–H and O–H groups in total. The fourth-order valence-corrected chi connectivity index (χ4v) is 2.54. The van der Waals surface area contributed by atoms with Crippen LogP contribution in [0.15, 0.2) is 0 Å². The highest BCUT2D eigenvalue weighted by molar-refractivity contribution is 8.14. The fourth-order valence-electron chi connectivity index (χ4n) is 1.57. The van der Waals surface area contributed by atoms with Gasteiger partial charge in [0.1, 0.15) is 6.10 Å². The Morgan fingerprint density at radius 3 is 3.17 bits per heavy atom. The van der Waals surface area contributed by atoms with E-state index in [1.807, 2.05) is 6.92 Å². The van der Waals surface area contributed by atoms with Gasteiger partial charge in [-0.25, -0.2) is 4.79 Å². The van der Waals surface area contributed by atoms with Crippen LogP contribution in [0.1, 0.15) is 13.3 Å². The molecule has 0 aliphatic carbocycles. The van der Waals surface area contributed by atoms with Crippen molar-refractivity contribution in [3.63, 3.8) is 0 Å². The van der Waals surface area contributed by atoms with E-state index in [9.17, 15) is 9.90 Å². The minimum Gasteiger partial charge on any atom is -0.453 e. The number of fused-ring (bicyclic) bond motifs is 1. The van der Waals surface area contributed by atoms with Crippen LogP contribution in [0.4, 0.5) is 4.79 Å². The van der Waals surface area contributed by atoms with Gasteiger partial charge in [-0.15, -0.1) is 0 Å². The molecule has 0 bridgehead atoms. The van der Waals surface area contributed by atoms with Crippen molar-refractivity contribution in [2.45, 2.75) is 37.1 Å². The first-order valence-corrected chi connectivity index (χ1v) is 4.75. The number of rotatable bonds is 0. The summed E-state index contributed by atoms with van der Waals surface area (Å²) < 4.78 is 10.1. The van der Waals surface area contributed by atoms with Gasteiger partial charge in [-0.2, -0.15) is 0 Å². The zero-order valence-corrected chi connectivity index (χ0v) is 7.41. The van der Waals surface area contributed by atoms with E-state index in [0.717, 1.165) is 11.8 Å². The predicted molar refractivity (Wildman–Crippen MR) is 42.8 cm³/mol. The van der Waals surface area contributed by atoms with Crippen molar-refractivity contribution in [3.05, 3.63) is 0 Å². The maximum atomic E-state index is 10.9.